The molecule has 172 valence electrons. The maximum absolute atomic E-state index is 13.3. The topological polar surface area (TPSA) is 82.9 Å². The Hall–Kier alpha value is -3.36. The maximum atomic E-state index is 13.3. The average molecular weight is 448 g/mol. The van der Waals surface area contributed by atoms with Gasteiger partial charge >= 0.3 is 0 Å². The monoisotopic (exact) mass is 447 g/mol. The van der Waals surface area contributed by atoms with Crippen molar-refractivity contribution in [3.05, 3.63) is 71.4 Å². The van der Waals surface area contributed by atoms with Crippen molar-refractivity contribution in [3.63, 3.8) is 0 Å². The van der Waals surface area contributed by atoms with Crippen LogP contribution in [0.5, 0.6) is 5.75 Å². The van der Waals surface area contributed by atoms with Gasteiger partial charge in [0.15, 0.2) is 0 Å². The molecule has 2 aliphatic rings. The molecule has 0 unspecified atom stereocenters. The summed E-state index contributed by atoms with van der Waals surface area (Å²) in [5.41, 5.74) is 3.98. The highest BCUT2D eigenvalue weighted by atomic mass is 16.5. The first-order valence-electron chi connectivity index (χ1n) is 11.3. The molecule has 33 heavy (non-hydrogen) atoms. The van der Waals surface area contributed by atoms with E-state index >= 15 is 0 Å². The number of amides is 1. The molecule has 3 aromatic rings. The van der Waals surface area contributed by atoms with Crippen LogP contribution < -0.4 is 10.1 Å². The first kappa shape index (κ1) is 21.5. The molecule has 8 nitrogen and oxygen atoms in total. The molecule has 2 N–H and O–H groups in total. The zero-order chi connectivity index (χ0) is 22.8. The van der Waals surface area contributed by atoms with E-state index in [1.54, 1.807) is 21.8 Å². The summed E-state index contributed by atoms with van der Waals surface area (Å²) in [6, 6.07) is 15.8. The number of ether oxygens (including phenoxy) is 1. The normalized spacial score (nSPS) is 17.0. The van der Waals surface area contributed by atoms with Gasteiger partial charge < -0.3 is 20.1 Å². The number of nitrogens with zero attached hydrogens (tertiary/aromatic N) is 4. The Labute approximate surface area is 193 Å². The highest BCUT2D eigenvalue weighted by molar-refractivity contribution is 5.98. The van der Waals surface area contributed by atoms with E-state index in [1.807, 2.05) is 25.2 Å². The lowest BCUT2D eigenvalue weighted by atomic mass is 10.00. The van der Waals surface area contributed by atoms with Crippen molar-refractivity contribution in [1.82, 2.24) is 19.6 Å². The van der Waals surface area contributed by atoms with Crippen molar-refractivity contribution >= 4 is 17.4 Å². The van der Waals surface area contributed by atoms with E-state index in [1.165, 1.54) is 11.1 Å². The molecule has 0 aliphatic carbocycles. The summed E-state index contributed by atoms with van der Waals surface area (Å²) in [5.74, 6) is 1.27. The summed E-state index contributed by atoms with van der Waals surface area (Å²) >= 11 is 0. The molecule has 5 rings (SSSR count). The zero-order valence-electron chi connectivity index (χ0n) is 18.8. The van der Waals surface area contributed by atoms with Gasteiger partial charge in [0.25, 0.3) is 5.91 Å². The second kappa shape index (κ2) is 9.25. The molecule has 1 amide bonds. The average Bonchev–Trinajstić information content (AvgIpc) is 3.15. The Kier molecular flexibility index (Phi) is 6.02. The van der Waals surface area contributed by atoms with Gasteiger partial charge in [-0.25, -0.2) is 0 Å². The van der Waals surface area contributed by atoms with Crippen LogP contribution in [-0.2, 0) is 20.0 Å². The predicted molar refractivity (Wildman–Crippen MR) is 126 cm³/mol. The number of fused-ring (bicyclic) bond motifs is 2. The van der Waals surface area contributed by atoms with E-state index < -0.39 is 6.10 Å². The van der Waals surface area contributed by atoms with E-state index in [0.29, 0.717) is 31.0 Å². The summed E-state index contributed by atoms with van der Waals surface area (Å²) in [5, 5.41) is 18.3. The van der Waals surface area contributed by atoms with Crippen LogP contribution in [0.4, 0.5) is 11.5 Å². The standard InChI is InChI=1S/C25H29N5O3/c1-28-24(8-10-26-28)27-20-6-7-23-22(14-20)25(32)30(12-13-33-23)17-21(31)16-29-11-9-18-4-2-3-5-19(18)15-29/h2-8,10,14,21,27,31H,9,11-13,15-17H2,1H3/t21-/m1/s1. The number of nitrogens with one attached hydrogen (secondary N) is 1. The summed E-state index contributed by atoms with van der Waals surface area (Å²) < 4.78 is 7.56. The molecular formula is C25H29N5O3. The maximum Gasteiger partial charge on any atom is 0.257 e. The van der Waals surface area contributed by atoms with E-state index in [-0.39, 0.29) is 12.5 Å². The van der Waals surface area contributed by atoms with Crippen LogP contribution in [0.1, 0.15) is 21.5 Å². The summed E-state index contributed by atoms with van der Waals surface area (Å²) in [6.45, 7) is 3.40. The SMILES string of the molecule is Cn1nccc1Nc1ccc2c(c1)C(=O)N(C[C@H](O)CN1CCc3ccccc3C1)CCO2. The predicted octanol–water partition coefficient (Wildman–Crippen LogP) is 2.42. The molecule has 3 heterocycles. The van der Waals surface area contributed by atoms with Crippen molar-refractivity contribution in [1.29, 1.82) is 0 Å². The van der Waals surface area contributed by atoms with Crippen LogP contribution >= 0.6 is 0 Å². The minimum Gasteiger partial charge on any atom is -0.491 e. The highest BCUT2D eigenvalue weighted by Gasteiger charge is 2.27. The quantitative estimate of drug-likeness (QED) is 0.604. The van der Waals surface area contributed by atoms with Crippen LogP contribution in [-0.4, -0.2) is 69.5 Å². The van der Waals surface area contributed by atoms with Crippen LogP contribution in [0, 0.1) is 0 Å². The Balaban J connectivity index is 1.25. The van der Waals surface area contributed by atoms with Gasteiger partial charge in [0.1, 0.15) is 18.2 Å². The number of hydrogen-bond donors (Lipinski definition) is 2. The minimum absolute atomic E-state index is 0.126. The van der Waals surface area contributed by atoms with Crippen molar-refractivity contribution < 1.29 is 14.6 Å². The van der Waals surface area contributed by atoms with Crippen molar-refractivity contribution in [2.24, 2.45) is 7.05 Å². The van der Waals surface area contributed by atoms with Gasteiger partial charge in [0.05, 0.1) is 24.4 Å². The molecule has 0 bridgehead atoms. The first-order valence-corrected chi connectivity index (χ1v) is 11.3. The smallest absolute Gasteiger partial charge is 0.257 e. The number of rotatable bonds is 6. The van der Waals surface area contributed by atoms with Gasteiger partial charge in [0, 0.05) is 45.0 Å². The highest BCUT2D eigenvalue weighted by Crippen LogP contribution is 2.28. The fraction of sp³-hybridized carbons (Fsp3) is 0.360. The molecule has 0 spiro atoms. The molecule has 2 aliphatic heterocycles. The number of aliphatic hydroxyl groups is 1. The van der Waals surface area contributed by atoms with Crippen LogP contribution in [0.3, 0.4) is 0 Å². The van der Waals surface area contributed by atoms with Crippen LogP contribution in [0.2, 0.25) is 0 Å². The number of aryl methyl sites for hydroxylation is 1. The molecule has 8 heteroatoms. The van der Waals surface area contributed by atoms with Crippen molar-refractivity contribution in [2.45, 2.75) is 19.1 Å². The number of benzene rings is 2. The van der Waals surface area contributed by atoms with Gasteiger partial charge in [-0.1, -0.05) is 24.3 Å². The van der Waals surface area contributed by atoms with E-state index in [2.05, 4.69) is 39.6 Å². The van der Waals surface area contributed by atoms with Crippen LogP contribution in [0.25, 0.3) is 0 Å². The van der Waals surface area contributed by atoms with Crippen molar-refractivity contribution in [2.75, 3.05) is 38.1 Å². The largest absolute Gasteiger partial charge is 0.491 e. The first-order chi connectivity index (χ1) is 16.1. The molecular weight excluding hydrogens is 418 g/mol. The minimum atomic E-state index is -0.628. The van der Waals surface area contributed by atoms with Gasteiger partial charge in [0.2, 0.25) is 0 Å². The molecule has 1 aromatic heterocycles. The zero-order valence-corrected chi connectivity index (χ0v) is 18.8. The van der Waals surface area contributed by atoms with E-state index in [9.17, 15) is 9.90 Å². The fourth-order valence-corrected chi connectivity index (χ4v) is 4.58. The summed E-state index contributed by atoms with van der Waals surface area (Å²) in [7, 11) is 1.85. The van der Waals surface area contributed by atoms with Gasteiger partial charge in [-0.15, -0.1) is 0 Å². The Morgan fingerprint density at radius 2 is 1.97 bits per heavy atom. The lowest BCUT2D eigenvalue weighted by Gasteiger charge is -2.32. The number of aromatic nitrogens is 2. The Bertz CT molecular complexity index is 1140. The van der Waals surface area contributed by atoms with E-state index in [0.717, 1.165) is 31.0 Å². The molecule has 0 radical (unpaired) electrons. The number of carbonyl (C=O) groups is 1. The second-order valence-corrected chi connectivity index (χ2v) is 8.68. The lowest BCUT2D eigenvalue weighted by Crippen LogP contribution is -2.44. The third-order valence-electron chi connectivity index (χ3n) is 6.32. The number of anilines is 2. The van der Waals surface area contributed by atoms with Crippen molar-refractivity contribution in [3.8, 4) is 5.75 Å². The number of carbonyl (C=O) groups excluding carboxylic acids is 1. The van der Waals surface area contributed by atoms with Gasteiger partial charge in [-0.2, -0.15) is 5.10 Å². The summed E-state index contributed by atoms with van der Waals surface area (Å²) in [6.07, 6.45) is 2.07. The molecule has 0 saturated carbocycles. The van der Waals surface area contributed by atoms with Crippen LogP contribution in [0.15, 0.2) is 54.7 Å². The van der Waals surface area contributed by atoms with Gasteiger partial charge in [-0.3, -0.25) is 14.4 Å². The molecule has 2 aromatic carbocycles. The summed E-state index contributed by atoms with van der Waals surface area (Å²) in [4.78, 5) is 17.3. The fourth-order valence-electron chi connectivity index (χ4n) is 4.58. The molecule has 0 saturated heterocycles. The molecule has 0 fully saturated rings. The number of β-amino-alcohol motifs (C(OH)–C–C–N with tert-alkyl or cyclic N) is 1. The number of aliphatic hydroxyl groups excluding tert-OH is 1. The van der Waals surface area contributed by atoms with Gasteiger partial charge in [-0.05, 0) is 35.7 Å². The Morgan fingerprint density at radius 1 is 1.12 bits per heavy atom. The second-order valence-electron chi connectivity index (χ2n) is 8.68. The number of hydrogen-bond acceptors (Lipinski definition) is 6. The Morgan fingerprint density at radius 3 is 2.79 bits per heavy atom. The third kappa shape index (κ3) is 4.72. The van der Waals surface area contributed by atoms with E-state index in [4.69, 9.17) is 4.74 Å². The molecule has 1 atom stereocenters. The lowest BCUT2D eigenvalue weighted by molar-refractivity contribution is 0.0501. The third-order valence-corrected chi connectivity index (χ3v) is 6.32.